The summed E-state index contributed by atoms with van der Waals surface area (Å²) in [6.07, 6.45) is 2.12. The summed E-state index contributed by atoms with van der Waals surface area (Å²) < 4.78 is 10.8. The molecule has 10 heteroatoms. The third-order valence-corrected chi connectivity index (χ3v) is 4.37. The molecular formula is C23H27ClN4O5. The van der Waals surface area contributed by atoms with Crippen molar-refractivity contribution in [3.63, 3.8) is 0 Å². The Morgan fingerprint density at radius 3 is 2.48 bits per heavy atom. The number of ether oxygens (including phenoxy) is 2. The summed E-state index contributed by atoms with van der Waals surface area (Å²) in [5.41, 5.74) is 3.34. The average molecular weight is 475 g/mol. The monoisotopic (exact) mass is 474 g/mol. The van der Waals surface area contributed by atoms with Gasteiger partial charge in [0.1, 0.15) is 5.75 Å². The molecule has 33 heavy (non-hydrogen) atoms. The molecule has 0 aromatic heterocycles. The van der Waals surface area contributed by atoms with Crippen LogP contribution < -0.4 is 20.8 Å². The molecule has 0 aliphatic rings. The van der Waals surface area contributed by atoms with Gasteiger partial charge in [0.25, 0.3) is 5.91 Å². The maximum absolute atomic E-state index is 12.0. The van der Waals surface area contributed by atoms with Crippen LogP contribution in [-0.2, 0) is 19.1 Å². The van der Waals surface area contributed by atoms with Crippen molar-refractivity contribution in [2.45, 2.75) is 26.4 Å². The zero-order valence-electron chi connectivity index (χ0n) is 18.5. The Morgan fingerprint density at radius 2 is 1.79 bits per heavy atom. The van der Waals surface area contributed by atoms with Crippen molar-refractivity contribution < 1.29 is 23.9 Å². The second kappa shape index (κ2) is 13.9. The number of rotatable bonds is 11. The van der Waals surface area contributed by atoms with E-state index in [9.17, 15) is 14.4 Å². The molecule has 176 valence electrons. The maximum atomic E-state index is 12.0. The van der Waals surface area contributed by atoms with E-state index in [1.54, 1.807) is 48.5 Å². The molecule has 0 saturated heterocycles. The normalized spacial score (nSPS) is 10.8. The third-order valence-electron chi connectivity index (χ3n) is 4.04. The quantitative estimate of drug-likeness (QED) is 0.200. The van der Waals surface area contributed by atoms with Crippen LogP contribution in [0.5, 0.6) is 5.75 Å². The number of halogens is 1. The van der Waals surface area contributed by atoms with Gasteiger partial charge in [-0.1, -0.05) is 23.7 Å². The molecule has 0 spiro atoms. The Morgan fingerprint density at radius 1 is 1.06 bits per heavy atom. The van der Waals surface area contributed by atoms with Crippen LogP contribution >= 0.6 is 11.6 Å². The van der Waals surface area contributed by atoms with Crippen molar-refractivity contribution in [2.75, 3.05) is 25.1 Å². The number of nitrogens with one attached hydrogen (secondary N) is 3. The lowest BCUT2D eigenvalue weighted by Crippen LogP contribution is -2.38. The topological polar surface area (TPSA) is 118 Å². The molecule has 0 atom stereocenters. The van der Waals surface area contributed by atoms with E-state index >= 15 is 0 Å². The number of carbonyl (C=O) groups excluding carboxylic acids is 3. The van der Waals surface area contributed by atoms with Gasteiger partial charge in [-0.05, 0) is 62.2 Å². The Kier molecular flexibility index (Phi) is 10.9. The molecule has 0 unspecified atom stereocenters. The van der Waals surface area contributed by atoms with Crippen LogP contribution in [0.1, 0.15) is 25.8 Å². The van der Waals surface area contributed by atoms with E-state index in [0.29, 0.717) is 41.6 Å². The van der Waals surface area contributed by atoms with Gasteiger partial charge in [0.15, 0.2) is 6.61 Å². The third kappa shape index (κ3) is 10.2. The first kappa shape index (κ1) is 25.8. The largest absolute Gasteiger partial charge is 0.484 e. The standard InChI is InChI=1S/C23H27ClN4O5/c1-16(2)32-13-5-12-25-22(30)23(31)28-26-14-17-8-10-18(11-9-17)33-15-21(29)27-20-7-4-3-6-19(20)24/h3-4,6-11,14,16H,5,12-13,15H2,1-2H3,(H,25,30)(H,27,29)(H,28,31)/b26-14-. The van der Waals surface area contributed by atoms with Crippen molar-refractivity contribution in [3.05, 3.63) is 59.1 Å². The first-order chi connectivity index (χ1) is 15.8. The molecule has 2 rings (SSSR count). The summed E-state index contributed by atoms with van der Waals surface area (Å²) in [4.78, 5) is 35.4. The SMILES string of the molecule is CC(C)OCCCNC(=O)C(=O)N/N=C\c1ccc(OCC(=O)Nc2ccccc2Cl)cc1. The number of hydrogen-bond donors (Lipinski definition) is 3. The van der Waals surface area contributed by atoms with Gasteiger partial charge < -0.3 is 20.1 Å². The van der Waals surface area contributed by atoms with Gasteiger partial charge in [-0.3, -0.25) is 14.4 Å². The van der Waals surface area contributed by atoms with Crippen LogP contribution in [-0.4, -0.2) is 49.8 Å². The number of anilines is 1. The van der Waals surface area contributed by atoms with Crippen LogP contribution in [0.4, 0.5) is 5.69 Å². The van der Waals surface area contributed by atoms with Crippen molar-refractivity contribution in [1.29, 1.82) is 0 Å². The van der Waals surface area contributed by atoms with Crippen molar-refractivity contribution >= 4 is 41.2 Å². The van der Waals surface area contributed by atoms with Gasteiger partial charge in [-0.15, -0.1) is 0 Å². The van der Waals surface area contributed by atoms with Gasteiger partial charge in [0.2, 0.25) is 0 Å². The zero-order chi connectivity index (χ0) is 24.1. The molecular weight excluding hydrogens is 448 g/mol. The average Bonchev–Trinajstić information content (AvgIpc) is 2.79. The van der Waals surface area contributed by atoms with Crippen molar-refractivity contribution in [1.82, 2.24) is 10.7 Å². The van der Waals surface area contributed by atoms with Gasteiger partial charge in [-0.2, -0.15) is 5.10 Å². The van der Waals surface area contributed by atoms with E-state index in [4.69, 9.17) is 21.1 Å². The minimum Gasteiger partial charge on any atom is -0.484 e. The van der Waals surface area contributed by atoms with E-state index in [1.807, 2.05) is 13.8 Å². The lowest BCUT2D eigenvalue weighted by atomic mass is 10.2. The van der Waals surface area contributed by atoms with E-state index < -0.39 is 11.8 Å². The highest BCUT2D eigenvalue weighted by molar-refractivity contribution is 6.35. The first-order valence-corrected chi connectivity index (χ1v) is 10.7. The molecule has 2 aromatic carbocycles. The fourth-order valence-corrected chi connectivity index (χ4v) is 2.62. The molecule has 0 aliphatic heterocycles. The highest BCUT2D eigenvalue weighted by Gasteiger charge is 2.11. The van der Waals surface area contributed by atoms with E-state index in [2.05, 4.69) is 21.2 Å². The Hall–Kier alpha value is -3.43. The maximum Gasteiger partial charge on any atom is 0.329 e. The number of nitrogens with zero attached hydrogens (tertiary/aromatic N) is 1. The van der Waals surface area contributed by atoms with Crippen LogP contribution in [0.2, 0.25) is 5.02 Å². The minimum absolute atomic E-state index is 0.123. The molecule has 0 heterocycles. The molecule has 0 saturated carbocycles. The van der Waals surface area contributed by atoms with Gasteiger partial charge in [0, 0.05) is 13.2 Å². The second-order valence-corrected chi connectivity index (χ2v) is 7.52. The van der Waals surface area contributed by atoms with E-state index in [-0.39, 0.29) is 18.6 Å². The van der Waals surface area contributed by atoms with Crippen molar-refractivity contribution in [3.8, 4) is 5.75 Å². The fraction of sp³-hybridized carbons (Fsp3) is 0.304. The molecule has 0 fully saturated rings. The van der Waals surface area contributed by atoms with Gasteiger partial charge >= 0.3 is 11.8 Å². The smallest absolute Gasteiger partial charge is 0.329 e. The fourth-order valence-electron chi connectivity index (χ4n) is 2.44. The molecule has 2 aromatic rings. The number of benzene rings is 2. The summed E-state index contributed by atoms with van der Waals surface area (Å²) in [7, 11) is 0. The Labute approximate surface area is 197 Å². The zero-order valence-corrected chi connectivity index (χ0v) is 19.2. The first-order valence-electron chi connectivity index (χ1n) is 10.3. The predicted octanol–water partition coefficient (Wildman–Crippen LogP) is 2.74. The van der Waals surface area contributed by atoms with Crippen LogP contribution in [0, 0.1) is 0 Å². The minimum atomic E-state index is -0.861. The van der Waals surface area contributed by atoms with Gasteiger partial charge in [-0.25, -0.2) is 5.43 Å². The Bertz CT molecular complexity index is 964. The summed E-state index contributed by atoms with van der Waals surface area (Å²) >= 11 is 6.00. The second-order valence-electron chi connectivity index (χ2n) is 7.11. The summed E-state index contributed by atoms with van der Waals surface area (Å²) in [5.74, 6) is -1.50. The molecule has 3 N–H and O–H groups in total. The number of amides is 3. The molecule has 0 aliphatic carbocycles. The summed E-state index contributed by atoms with van der Waals surface area (Å²) in [6, 6.07) is 13.6. The molecule has 3 amide bonds. The number of hydrazone groups is 1. The number of hydrogen-bond acceptors (Lipinski definition) is 6. The highest BCUT2D eigenvalue weighted by Crippen LogP contribution is 2.20. The van der Waals surface area contributed by atoms with Crippen molar-refractivity contribution in [2.24, 2.45) is 5.10 Å². The van der Waals surface area contributed by atoms with E-state index in [1.165, 1.54) is 6.21 Å². The number of para-hydroxylation sites is 1. The molecule has 0 bridgehead atoms. The molecule has 9 nitrogen and oxygen atoms in total. The summed E-state index contributed by atoms with van der Waals surface area (Å²) in [5, 5.41) is 9.36. The van der Waals surface area contributed by atoms with Crippen LogP contribution in [0.3, 0.4) is 0 Å². The highest BCUT2D eigenvalue weighted by atomic mass is 35.5. The van der Waals surface area contributed by atoms with Crippen LogP contribution in [0.25, 0.3) is 0 Å². The van der Waals surface area contributed by atoms with Gasteiger partial charge in [0.05, 0.1) is 23.0 Å². The van der Waals surface area contributed by atoms with Crippen LogP contribution in [0.15, 0.2) is 53.6 Å². The Balaban J connectivity index is 1.69. The lowest BCUT2D eigenvalue weighted by Gasteiger charge is -2.08. The molecule has 0 radical (unpaired) electrons. The lowest BCUT2D eigenvalue weighted by molar-refractivity contribution is -0.139. The number of carbonyl (C=O) groups is 3. The predicted molar refractivity (Wildman–Crippen MR) is 126 cm³/mol. The summed E-state index contributed by atoms with van der Waals surface area (Å²) in [6.45, 7) is 4.50. The van der Waals surface area contributed by atoms with E-state index in [0.717, 1.165) is 0 Å².